The van der Waals surface area contributed by atoms with Gasteiger partial charge in [-0.3, -0.25) is 0 Å². The highest BCUT2D eigenvalue weighted by Crippen LogP contribution is 2.29. The summed E-state index contributed by atoms with van der Waals surface area (Å²) >= 11 is 5.10. The summed E-state index contributed by atoms with van der Waals surface area (Å²) in [7, 11) is 3.19. The van der Waals surface area contributed by atoms with Crippen LogP contribution in [0.2, 0.25) is 0 Å². The first-order valence-corrected chi connectivity index (χ1v) is 8.15. The van der Waals surface area contributed by atoms with Gasteiger partial charge in [0.1, 0.15) is 11.5 Å². The third-order valence-electron chi connectivity index (χ3n) is 3.05. The van der Waals surface area contributed by atoms with Crippen molar-refractivity contribution in [1.29, 1.82) is 0 Å². The van der Waals surface area contributed by atoms with Crippen LogP contribution >= 0.6 is 27.3 Å². The first-order chi connectivity index (χ1) is 10.1. The summed E-state index contributed by atoms with van der Waals surface area (Å²) in [6, 6.07) is 7.47. The fourth-order valence-electron chi connectivity index (χ4n) is 1.99. The minimum absolute atomic E-state index is 0.443. The zero-order chi connectivity index (χ0) is 15.2. The van der Waals surface area contributed by atoms with Crippen molar-refractivity contribution in [2.45, 2.75) is 12.6 Å². The monoisotopic (exact) mass is 371 g/mol. The number of thiophene rings is 1. The molecule has 0 spiro atoms. The first kappa shape index (κ1) is 16.3. The van der Waals surface area contributed by atoms with Gasteiger partial charge in [0, 0.05) is 33.4 Å². The molecule has 1 unspecified atom stereocenters. The van der Waals surface area contributed by atoms with Crippen molar-refractivity contribution >= 4 is 27.3 Å². The van der Waals surface area contributed by atoms with Crippen molar-refractivity contribution in [2.24, 2.45) is 0 Å². The number of aliphatic hydroxyl groups excluding tert-OH is 1. The van der Waals surface area contributed by atoms with Gasteiger partial charge in [0.25, 0.3) is 0 Å². The van der Waals surface area contributed by atoms with E-state index in [2.05, 4.69) is 27.3 Å². The molecule has 0 amide bonds. The van der Waals surface area contributed by atoms with Crippen LogP contribution in [-0.4, -0.2) is 25.9 Å². The quantitative estimate of drug-likeness (QED) is 0.783. The highest BCUT2D eigenvalue weighted by Gasteiger charge is 2.14. The third-order valence-corrected chi connectivity index (χ3v) is 4.75. The van der Waals surface area contributed by atoms with Gasteiger partial charge in [0.05, 0.1) is 20.3 Å². The molecule has 0 bridgehead atoms. The lowest BCUT2D eigenvalue weighted by Gasteiger charge is -2.16. The van der Waals surface area contributed by atoms with Gasteiger partial charge in [-0.15, -0.1) is 11.3 Å². The van der Waals surface area contributed by atoms with Crippen molar-refractivity contribution in [2.75, 3.05) is 20.8 Å². The topological polar surface area (TPSA) is 50.7 Å². The summed E-state index contributed by atoms with van der Waals surface area (Å²) in [6.07, 6.45) is -0.654. The molecule has 1 aromatic carbocycles. The summed E-state index contributed by atoms with van der Waals surface area (Å²) in [4.78, 5) is 1.21. The van der Waals surface area contributed by atoms with Crippen molar-refractivity contribution < 1.29 is 14.6 Å². The van der Waals surface area contributed by atoms with E-state index in [1.165, 1.54) is 4.88 Å². The molecule has 21 heavy (non-hydrogen) atoms. The van der Waals surface area contributed by atoms with Gasteiger partial charge in [-0.2, -0.15) is 0 Å². The summed E-state index contributed by atoms with van der Waals surface area (Å²) in [6.45, 7) is 1.17. The predicted octanol–water partition coefficient (Wildman–Crippen LogP) is 3.35. The standard InChI is InChI=1S/C15H18BrNO3S/c1-19-11-3-4-15(20-2)13(6-11)14(18)8-17-7-12-5-10(16)9-21-12/h3-6,9,14,17-18H,7-8H2,1-2H3. The predicted molar refractivity (Wildman–Crippen MR) is 88.2 cm³/mol. The van der Waals surface area contributed by atoms with Crippen molar-refractivity contribution in [3.05, 3.63) is 44.6 Å². The van der Waals surface area contributed by atoms with E-state index in [4.69, 9.17) is 9.47 Å². The van der Waals surface area contributed by atoms with E-state index in [1.807, 2.05) is 11.4 Å². The number of benzene rings is 1. The third kappa shape index (κ3) is 4.44. The number of nitrogens with one attached hydrogen (secondary N) is 1. The van der Waals surface area contributed by atoms with Gasteiger partial charge in [0.2, 0.25) is 0 Å². The van der Waals surface area contributed by atoms with Gasteiger partial charge in [-0.05, 0) is 40.2 Å². The lowest BCUT2D eigenvalue weighted by molar-refractivity contribution is 0.170. The molecule has 114 valence electrons. The Morgan fingerprint density at radius 1 is 1.29 bits per heavy atom. The number of rotatable bonds is 7. The van der Waals surface area contributed by atoms with Crippen LogP contribution in [0.15, 0.2) is 34.1 Å². The average Bonchev–Trinajstić information content (AvgIpc) is 2.91. The van der Waals surface area contributed by atoms with Crippen molar-refractivity contribution in [1.82, 2.24) is 5.32 Å². The molecule has 0 radical (unpaired) electrons. The van der Waals surface area contributed by atoms with Gasteiger partial charge in [-0.1, -0.05) is 0 Å². The Balaban J connectivity index is 1.97. The minimum atomic E-state index is -0.654. The van der Waals surface area contributed by atoms with Crippen LogP contribution in [-0.2, 0) is 6.54 Å². The fourth-order valence-corrected chi connectivity index (χ4v) is 3.41. The highest BCUT2D eigenvalue weighted by molar-refractivity contribution is 9.10. The Labute approximate surface area is 136 Å². The van der Waals surface area contributed by atoms with Crippen LogP contribution < -0.4 is 14.8 Å². The summed E-state index contributed by atoms with van der Waals surface area (Å²) in [5.74, 6) is 1.36. The van der Waals surface area contributed by atoms with Crippen LogP contribution in [0.3, 0.4) is 0 Å². The average molecular weight is 372 g/mol. The summed E-state index contributed by atoms with van der Waals surface area (Å²) < 4.78 is 11.6. The van der Waals surface area contributed by atoms with Crippen LogP contribution in [0.5, 0.6) is 11.5 Å². The maximum Gasteiger partial charge on any atom is 0.124 e. The number of hydrogen-bond acceptors (Lipinski definition) is 5. The van der Waals surface area contributed by atoms with E-state index in [0.29, 0.717) is 18.0 Å². The number of hydrogen-bond donors (Lipinski definition) is 2. The molecule has 6 heteroatoms. The Bertz CT molecular complexity index is 588. The molecular weight excluding hydrogens is 354 g/mol. The SMILES string of the molecule is COc1ccc(OC)c(C(O)CNCc2cc(Br)cs2)c1. The molecule has 2 N–H and O–H groups in total. The normalized spacial score (nSPS) is 12.2. The zero-order valence-electron chi connectivity index (χ0n) is 11.9. The van der Waals surface area contributed by atoms with Gasteiger partial charge in [0.15, 0.2) is 0 Å². The molecule has 1 atom stereocenters. The molecule has 0 fully saturated rings. The second-order valence-corrected chi connectivity index (χ2v) is 6.40. The fraction of sp³-hybridized carbons (Fsp3) is 0.333. The first-order valence-electron chi connectivity index (χ1n) is 6.47. The zero-order valence-corrected chi connectivity index (χ0v) is 14.3. The molecule has 2 rings (SSSR count). The molecular formula is C15H18BrNO3S. The maximum atomic E-state index is 10.3. The molecule has 0 aliphatic heterocycles. The summed E-state index contributed by atoms with van der Waals surface area (Å²) in [5.41, 5.74) is 0.719. The van der Waals surface area contributed by atoms with Crippen LogP contribution in [0.4, 0.5) is 0 Å². The van der Waals surface area contributed by atoms with Gasteiger partial charge < -0.3 is 19.9 Å². The molecule has 0 aliphatic carbocycles. The Kier molecular flexibility index (Phi) is 6.05. The molecule has 4 nitrogen and oxygen atoms in total. The number of methoxy groups -OCH3 is 2. The van der Waals surface area contributed by atoms with Crippen LogP contribution in [0.1, 0.15) is 16.5 Å². The number of halogens is 1. The molecule has 0 saturated carbocycles. The lowest BCUT2D eigenvalue weighted by atomic mass is 10.1. The van der Waals surface area contributed by atoms with E-state index < -0.39 is 6.10 Å². The van der Waals surface area contributed by atoms with Gasteiger partial charge >= 0.3 is 0 Å². The van der Waals surface area contributed by atoms with Gasteiger partial charge in [-0.25, -0.2) is 0 Å². The number of ether oxygens (including phenoxy) is 2. The Morgan fingerprint density at radius 3 is 2.71 bits per heavy atom. The molecule has 0 saturated heterocycles. The minimum Gasteiger partial charge on any atom is -0.497 e. The van der Waals surface area contributed by atoms with Crippen LogP contribution in [0, 0.1) is 0 Å². The Morgan fingerprint density at radius 2 is 2.10 bits per heavy atom. The molecule has 1 aromatic heterocycles. The second-order valence-electron chi connectivity index (χ2n) is 4.49. The van der Waals surface area contributed by atoms with E-state index in [-0.39, 0.29) is 0 Å². The van der Waals surface area contributed by atoms with E-state index in [9.17, 15) is 5.11 Å². The lowest BCUT2D eigenvalue weighted by Crippen LogP contribution is -2.21. The molecule has 0 aliphatic rings. The van der Waals surface area contributed by atoms with Crippen molar-refractivity contribution in [3.63, 3.8) is 0 Å². The molecule has 1 heterocycles. The Hall–Kier alpha value is -1.08. The largest absolute Gasteiger partial charge is 0.497 e. The van der Waals surface area contributed by atoms with E-state index in [1.54, 1.807) is 37.7 Å². The van der Waals surface area contributed by atoms with Crippen LogP contribution in [0.25, 0.3) is 0 Å². The number of aliphatic hydroxyl groups is 1. The van der Waals surface area contributed by atoms with E-state index >= 15 is 0 Å². The second kappa shape index (κ2) is 7.79. The van der Waals surface area contributed by atoms with E-state index in [0.717, 1.165) is 16.6 Å². The maximum absolute atomic E-state index is 10.3. The summed E-state index contributed by atoms with van der Waals surface area (Å²) in [5, 5.41) is 15.6. The van der Waals surface area contributed by atoms with Crippen molar-refractivity contribution in [3.8, 4) is 11.5 Å². The molecule has 2 aromatic rings. The smallest absolute Gasteiger partial charge is 0.124 e. The highest BCUT2D eigenvalue weighted by atomic mass is 79.9.